The second-order valence-corrected chi connectivity index (χ2v) is 17.1. The molecule has 6 aromatic heterocycles. The number of sulfonamides is 2. The second-order valence-electron chi connectivity index (χ2n) is 9.11. The van der Waals surface area contributed by atoms with Crippen LogP contribution in [-0.4, -0.2) is 41.9 Å². The Kier molecular flexibility index (Phi) is 11.9. The van der Waals surface area contributed by atoms with Crippen molar-refractivity contribution in [2.45, 2.75) is 28.6 Å². The molecular formula is C26H19Cl4N7O8S4. The molecule has 6 aromatic rings. The van der Waals surface area contributed by atoms with Gasteiger partial charge in [0.2, 0.25) is 11.6 Å². The van der Waals surface area contributed by atoms with Crippen molar-refractivity contribution < 1.29 is 35.2 Å². The number of furan rings is 1. The van der Waals surface area contributed by atoms with Crippen LogP contribution < -0.4 is 18.9 Å². The predicted octanol–water partition coefficient (Wildman–Crippen LogP) is 7.34. The van der Waals surface area contributed by atoms with E-state index in [0.29, 0.717) is 25.9 Å². The summed E-state index contributed by atoms with van der Waals surface area (Å²) in [5, 5.41) is 3.80. The van der Waals surface area contributed by atoms with Gasteiger partial charge >= 0.3 is 0 Å². The van der Waals surface area contributed by atoms with Gasteiger partial charge in [0, 0.05) is 6.07 Å². The molecule has 258 valence electrons. The van der Waals surface area contributed by atoms with Crippen LogP contribution >= 0.6 is 69.1 Å². The number of thiophene rings is 2. The summed E-state index contributed by atoms with van der Waals surface area (Å²) in [7, 11) is -7.79. The van der Waals surface area contributed by atoms with E-state index >= 15 is 0 Å². The van der Waals surface area contributed by atoms with E-state index in [0.717, 1.165) is 22.7 Å². The molecule has 0 bridgehead atoms. The largest absolute Gasteiger partial charge is 0.468 e. The van der Waals surface area contributed by atoms with Gasteiger partial charge in [0.15, 0.2) is 0 Å². The maximum atomic E-state index is 12.4. The summed E-state index contributed by atoms with van der Waals surface area (Å²) in [6, 6.07) is 10.8. The number of nitrogens with one attached hydrogen (secondary N) is 2. The van der Waals surface area contributed by atoms with Crippen molar-refractivity contribution in [3.05, 3.63) is 97.3 Å². The summed E-state index contributed by atoms with van der Waals surface area (Å²) in [6.07, 6.45) is 3.99. The number of anilines is 2. The van der Waals surface area contributed by atoms with Crippen molar-refractivity contribution >= 4 is 101 Å². The summed E-state index contributed by atoms with van der Waals surface area (Å²) < 4.78 is 75.9. The first-order chi connectivity index (χ1) is 23.3. The predicted molar refractivity (Wildman–Crippen MR) is 183 cm³/mol. The normalized spacial score (nSPS) is 11.4. The third-order valence-corrected chi connectivity index (χ3v) is 12.0. The SMILES string of the molecule is Cc1cc(COc2ncc(Cl)nc2NS(=O)(=O)c2ccc(Cl)s2)no1.O=S(=O)(Nc1nc(Cl)cnc1OCc1ccco1)c1ccc(Cl)s1. The standard InChI is InChI=1S/C13H10Cl2N4O4S2.C13H9Cl2N3O4S2/c1-7-4-8(18-23-7)6-22-13-12(17-9(14)5-16-13)19-25(20,21)11-3-2-10(15)24-11;14-9-6-16-13(22-7-8-2-1-5-21-8)12(17-9)18-24(19,20)11-4-3-10(15)23-11/h2-5H,6H2,1H3,(H,17,19);1-6H,7H2,(H,17,18). The number of halogens is 4. The summed E-state index contributed by atoms with van der Waals surface area (Å²) >= 11 is 25.0. The lowest BCUT2D eigenvalue weighted by molar-refractivity contribution is 0.261. The Labute approximate surface area is 306 Å². The Balaban J connectivity index is 0.000000191. The van der Waals surface area contributed by atoms with Crippen LogP contribution in [0.15, 0.2) is 78.5 Å². The van der Waals surface area contributed by atoms with E-state index in [9.17, 15) is 16.8 Å². The number of hydrogen-bond acceptors (Lipinski definition) is 15. The van der Waals surface area contributed by atoms with Gasteiger partial charge in [-0.15, -0.1) is 22.7 Å². The lowest BCUT2D eigenvalue weighted by Crippen LogP contribution is -2.14. The van der Waals surface area contributed by atoms with Crippen LogP contribution in [0.5, 0.6) is 11.8 Å². The van der Waals surface area contributed by atoms with Crippen molar-refractivity contribution in [1.82, 2.24) is 25.1 Å². The monoisotopic (exact) mass is 825 g/mol. The number of aryl methyl sites for hydroxylation is 1. The van der Waals surface area contributed by atoms with Crippen molar-refractivity contribution in [3.63, 3.8) is 0 Å². The van der Waals surface area contributed by atoms with Gasteiger partial charge in [-0.2, -0.15) is 0 Å². The number of rotatable bonds is 12. The van der Waals surface area contributed by atoms with Gasteiger partial charge in [0.05, 0.1) is 27.3 Å². The summed E-state index contributed by atoms with van der Waals surface area (Å²) in [5.74, 6) is 0.830. The zero-order valence-electron chi connectivity index (χ0n) is 24.3. The molecule has 0 aliphatic heterocycles. The molecule has 0 aliphatic rings. The van der Waals surface area contributed by atoms with E-state index in [1.165, 1.54) is 42.9 Å². The van der Waals surface area contributed by atoms with Crippen LogP contribution in [0.1, 0.15) is 17.2 Å². The average Bonchev–Trinajstić information content (AvgIpc) is 3.86. The zero-order valence-corrected chi connectivity index (χ0v) is 30.6. The van der Waals surface area contributed by atoms with Gasteiger partial charge in [-0.05, 0) is 43.3 Å². The first kappa shape index (κ1) is 36.6. The Morgan fingerprint density at radius 2 is 1.31 bits per heavy atom. The summed E-state index contributed by atoms with van der Waals surface area (Å²) in [5.41, 5.74) is 0.521. The molecule has 15 nitrogen and oxygen atoms in total. The van der Waals surface area contributed by atoms with E-state index < -0.39 is 20.0 Å². The third-order valence-electron chi connectivity index (χ3n) is 5.47. The number of ether oxygens (including phenoxy) is 2. The molecule has 2 N–H and O–H groups in total. The van der Waals surface area contributed by atoms with Crippen LogP contribution in [0.4, 0.5) is 11.6 Å². The highest BCUT2D eigenvalue weighted by atomic mass is 35.5. The molecule has 0 radical (unpaired) electrons. The maximum absolute atomic E-state index is 12.4. The first-order valence-electron chi connectivity index (χ1n) is 13.1. The fourth-order valence-electron chi connectivity index (χ4n) is 3.46. The van der Waals surface area contributed by atoms with Crippen LogP contribution in [0.3, 0.4) is 0 Å². The third kappa shape index (κ3) is 10.2. The maximum Gasteiger partial charge on any atom is 0.272 e. The molecule has 0 fully saturated rings. The van der Waals surface area contributed by atoms with E-state index in [1.807, 2.05) is 0 Å². The molecule has 0 saturated carbocycles. The molecule has 0 saturated heterocycles. The smallest absolute Gasteiger partial charge is 0.272 e. The Bertz CT molecular complexity index is 2260. The molecule has 0 spiro atoms. The Morgan fingerprint density at radius 3 is 1.73 bits per heavy atom. The lowest BCUT2D eigenvalue weighted by Gasteiger charge is -2.10. The minimum absolute atomic E-state index is 0.00606. The van der Waals surface area contributed by atoms with Gasteiger partial charge in [-0.25, -0.2) is 36.8 Å². The van der Waals surface area contributed by atoms with E-state index in [2.05, 4.69) is 34.5 Å². The molecule has 0 unspecified atom stereocenters. The molecular weight excluding hydrogens is 808 g/mol. The minimum atomic E-state index is -3.90. The molecule has 0 aromatic carbocycles. The van der Waals surface area contributed by atoms with Gasteiger partial charge in [-0.3, -0.25) is 9.44 Å². The molecule has 23 heteroatoms. The number of nitrogens with zero attached hydrogens (tertiary/aromatic N) is 5. The molecule has 6 rings (SSSR count). The fraction of sp³-hybridized carbons (Fsp3) is 0.115. The first-order valence-corrected chi connectivity index (χ1v) is 19.2. The van der Waals surface area contributed by atoms with Gasteiger partial charge in [0.25, 0.3) is 31.8 Å². The number of aromatic nitrogens is 5. The van der Waals surface area contributed by atoms with Crippen molar-refractivity contribution in [2.75, 3.05) is 9.44 Å². The van der Waals surface area contributed by atoms with E-state index in [-0.39, 0.29) is 55.3 Å². The van der Waals surface area contributed by atoms with E-state index in [1.54, 1.807) is 25.1 Å². The highest BCUT2D eigenvalue weighted by molar-refractivity contribution is 7.95. The van der Waals surface area contributed by atoms with Crippen LogP contribution in [-0.2, 0) is 33.3 Å². The lowest BCUT2D eigenvalue weighted by atomic mass is 10.4. The summed E-state index contributed by atoms with van der Waals surface area (Å²) in [4.78, 5) is 15.8. The van der Waals surface area contributed by atoms with Gasteiger partial charge in [-0.1, -0.05) is 51.6 Å². The van der Waals surface area contributed by atoms with Gasteiger partial charge < -0.3 is 18.4 Å². The van der Waals surface area contributed by atoms with Crippen molar-refractivity contribution in [3.8, 4) is 11.8 Å². The highest BCUT2D eigenvalue weighted by Crippen LogP contribution is 2.31. The van der Waals surface area contributed by atoms with Crippen LogP contribution in [0.25, 0.3) is 0 Å². The minimum Gasteiger partial charge on any atom is -0.468 e. The second kappa shape index (κ2) is 15.9. The van der Waals surface area contributed by atoms with Crippen molar-refractivity contribution in [2.24, 2.45) is 0 Å². The molecule has 49 heavy (non-hydrogen) atoms. The fourth-order valence-corrected chi connectivity index (χ4v) is 8.69. The summed E-state index contributed by atoms with van der Waals surface area (Å²) in [6.45, 7) is 1.82. The van der Waals surface area contributed by atoms with Crippen LogP contribution in [0.2, 0.25) is 19.0 Å². The molecule has 6 heterocycles. The molecule has 0 amide bonds. The number of hydrogen-bond donors (Lipinski definition) is 2. The van der Waals surface area contributed by atoms with Crippen LogP contribution in [0, 0.1) is 6.92 Å². The topological polar surface area (TPSA) is 202 Å². The van der Waals surface area contributed by atoms with Gasteiger partial charge in [0.1, 0.15) is 49.2 Å². The molecule has 0 aliphatic carbocycles. The average molecular weight is 828 g/mol. The zero-order chi connectivity index (χ0) is 35.2. The Hall–Kier alpha value is -3.69. The Morgan fingerprint density at radius 1 is 0.776 bits per heavy atom. The highest BCUT2D eigenvalue weighted by Gasteiger charge is 2.23. The van der Waals surface area contributed by atoms with Crippen molar-refractivity contribution in [1.29, 1.82) is 0 Å². The molecule has 0 atom stereocenters. The van der Waals surface area contributed by atoms with E-state index in [4.69, 9.17) is 64.8 Å². The quantitative estimate of drug-likeness (QED) is 0.124.